The molecule has 2 aliphatic heterocycles. The summed E-state index contributed by atoms with van der Waals surface area (Å²) < 4.78 is 114. The van der Waals surface area contributed by atoms with Crippen molar-refractivity contribution in [2.45, 2.75) is 69.6 Å². The van der Waals surface area contributed by atoms with Crippen LogP contribution in [0.4, 0.5) is 45.3 Å². The van der Waals surface area contributed by atoms with Gasteiger partial charge in [-0.2, -0.15) is 30.7 Å². The third kappa shape index (κ3) is 9.78. The van der Waals surface area contributed by atoms with Crippen molar-refractivity contribution >= 4 is 52.6 Å². The predicted molar refractivity (Wildman–Crippen MR) is 198 cm³/mol. The summed E-state index contributed by atoms with van der Waals surface area (Å²) in [4.78, 5) is 60.3. The summed E-state index contributed by atoms with van der Waals surface area (Å²) in [7, 11) is 0. The Labute approximate surface area is 346 Å². The Kier molecular flexibility index (Phi) is 13.1. The van der Waals surface area contributed by atoms with Gasteiger partial charge in [0.05, 0.1) is 27.7 Å². The minimum Gasteiger partial charge on any atom is -0.345 e. The number of benzene rings is 2. The van der Waals surface area contributed by atoms with Gasteiger partial charge in [-0.1, -0.05) is 54.9 Å². The van der Waals surface area contributed by atoms with E-state index >= 15 is 0 Å². The Balaban J connectivity index is 0.000000192. The third-order valence-corrected chi connectivity index (χ3v) is 10.3. The molecule has 2 aliphatic carbocycles. The highest BCUT2D eigenvalue weighted by Crippen LogP contribution is 2.47. The number of hydrogen-bond acceptors (Lipinski definition) is 6. The van der Waals surface area contributed by atoms with Gasteiger partial charge in [0.25, 0.3) is 5.91 Å². The molecular weight excluding hydrogens is 858 g/mol. The van der Waals surface area contributed by atoms with E-state index in [9.17, 15) is 58.7 Å². The fraction of sp³-hybridized carbons (Fsp3) is 0.333. The van der Waals surface area contributed by atoms with Gasteiger partial charge in [0.15, 0.2) is 17.5 Å². The lowest BCUT2D eigenvalue weighted by atomic mass is 10.1. The number of alkyl halides is 6. The lowest BCUT2D eigenvalue weighted by molar-refractivity contribution is -0.148. The lowest BCUT2D eigenvalue weighted by Gasteiger charge is -2.40. The molecule has 4 fully saturated rings. The van der Waals surface area contributed by atoms with Crippen molar-refractivity contribution in [3.8, 4) is 0 Å². The van der Waals surface area contributed by atoms with E-state index in [0.717, 1.165) is 47.5 Å². The molecule has 4 aliphatic rings. The van der Waals surface area contributed by atoms with Crippen LogP contribution in [0.1, 0.15) is 55.4 Å². The second kappa shape index (κ2) is 17.3. The Bertz CT molecular complexity index is 2270. The Morgan fingerprint density at radius 3 is 1.52 bits per heavy atom. The summed E-state index contributed by atoms with van der Waals surface area (Å²) in [6, 6.07) is 11.0. The molecule has 0 atom stereocenters. The number of anilines is 1. The van der Waals surface area contributed by atoms with E-state index < -0.39 is 70.5 Å². The van der Waals surface area contributed by atoms with Gasteiger partial charge in [-0.3, -0.25) is 24.1 Å². The smallest absolute Gasteiger partial charge is 0.345 e. The fourth-order valence-electron chi connectivity index (χ4n) is 6.51. The van der Waals surface area contributed by atoms with Gasteiger partial charge >= 0.3 is 12.4 Å². The van der Waals surface area contributed by atoms with E-state index in [1.54, 1.807) is 0 Å². The van der Waals surface area contributed by atoms with Gasteiger partial charge < -0.3 is 15.1 Å². The normalized spacial score (nSPS) is 17.6. The fourth-order valence-corrected chi connectivity index (χ4v) is 6.80. The van der Waals surface area contributed by atoms with Crippen molar-refractivity contribution < 1.29 is 58.7 Å². The van der Waals surface area contributed by atoms with Crippen LogP contribution in [0.5, 0.6) is 0 Å². The second-order valence-corrected chi connectivity index (χ2v) is 14.7. The number of aromatic nitrogens is 2. The number of nitrogens with one attached hydrogen (secondary N) is 1. The van der Waals surface area contributed by atoms with E-state index in [0.29, 0.717) is 36.8 Å². The van der Waals surface area contributed by atoms with Crippen molar-refractivity contribution in [2.24, 2.45) is 0 Å². The van der Waals surface area contributed by atoms with Gasteiger partial charge in [-0.05, 0) is 73.2 Å². The summed E-state index contributed by atoms with van der Waals surface area (Å²) in [5, 5.41) is 2.70. The highest BCUT2D eigenvalue weighted by molar-refractivity contribution is 6.30. The first kappa shape index (κ1) is 45.7. The molecule has 320 valence electrons. The molecule has 1 N–H and O–H groups in total. The Hall–Kier alpha value is -5.43. The molecule has 2 aromatic heterocycles. The molecule has 0 radical (unpaired) electrons. The van der Waals surface area contributed by atoms with E-state index in [-0.39, 0.29) is 54.7 Å². The summed E-state index contributed by atoms with van der Waals surface area (Å²) in [5.74, 6) is -4.50. The molecule has 0 bridgehead atoms. The van der Waals surface area contributed by atoms with Crippen molar-refractivity contribution in [1.82, 2.24) is 25.1 Å². The molecule has 4 heterocycles. The number of carbonyl (C=O) groups is 4. The maximum atomic E-state index is 14.2. The van der Waals surface area contributed by atoms with E-state index in [2.05, 4.69) is 15.3 Å². The molecule has 4 aromatic rings. The quantitative estimate of drug-likeness (QED) is 0.160. The number of amides is 4. The minimum atomic E-state index is -4.46. The maximum Gasteiger partial charge on any atom is 0.416 e. The van der Waals surface area contributed by atoms with Crippen LogP contribution in [0.2, 0.25) is 10.0 Å². The lowest BCUT2D eigenvalue weighted by Crippen LogP contribution is -2.61. The average Bonchev–Trinajstić information content (AvgIpc) is 4.11. The van der Waals surface area contributed by atoms with Crippen LogP contribution in [0.25, 0.3) is 0 Å². The van der Waals surface area contributed by atoms with E-state index in [1.165, 1.54) is 40.3 Å². The Morgan fingerprint density at radius 2 is 1.10 bits per heavy atom. The van der Waals surface area contributed by atoms with Crippen molar-refractivity contribution in [3.05, 3.63) is 123 Å². The zero-order valence-corrected chi connectivity index (χ0v) is 31.6. The zero-order valence-electron chi connectivity index (χ0n) is 30.1. The van der Waals surface area contributed by atoms with Crippen molar-refractivity contribution in [3.63, 3.8) is 0 Å². The molecule has 21 heteroatoms. The molecule has 2 spiro atoms. The Morgan fingerprint density at radius 1 is 0.650 bits per heavy atom. The number of nitrogens with zero attached hydrogens (tertiary/aromatic N) is 5. The molecule has 60 heavy (non-hydrogen) atoms. The number of piperazine rings is 2. The van der Waals surface area contributed by atoms with Crippen LogP contribution in [-0.2, 0) is 44.6 Å². The van der Waals surface area contributed by atoms with Gasteiger partial charge in [-0.25, -0.2) is 18.7 Å². The summed E-state index contributed by atoms with van der Waals surface area (Å²) in [5.41, 5.74) is -2.37. The van der Waals surface area contributed by atoms with Crippen molar-refractivity contribution in [1.29, 1.82) is 0 Å². The first-order chi connectivity index (χ1) is 27.6. The van der Waals surface area contributed by atoms with Gasteiger partial charge in [0.2, 0.25) is 23.7 Å². The molecule has 0 unspecified atom stereocenters. The number of rotatable bonds is 5. The van der Waals surface area contributed by atoms with E-state index in [1.807, 2.05) is 0 Å². The number of hydrogen-bond donors (Lipinski definition) is 1. The number of pyridine rings is 2. The maximum absolute atomic E-state index is 14.2. The molecule has 2 saturated heterocycles. The zero-order chi connectivity index (χ0) is 43.1. The largest absolute Gasteiger partial charge is 0.416 e. The molecule has 8 rings (SSSR count). The average molecular weight is 892 g/mol. The highest BCUT2D eigenvalue weighted by atomic mass is 35.5. The van der Waals surface area contributed by atoms with Crippen molar-refractivity contribution in [2.75, 3.05) is 18.0 Å². The van der Waals surface area contributed by atoms with Crippen LogP contribution in [0.3, 0.4) is 0 Å². The SMILES string of the molecule is C.Fc1cc(Cl)cnc1F.O=C1CN(c2ncc(Cl)cc2F)C(=O)C2(CC2)N1Cc1ccc(C(F)(F)F)cc1.O=C1CNC(=O)C2(CC2)N1Cc1ccc(C(F)(F)F)cc1. The molecular formula is C39H33Cl2F9N6O4. The van der Waals surface area contributed by atoms with Crippen LogP contribution in [-0.4, -0.2) is 67.6 Å². The molecule has 2 aromatic carbocycles. The highest BCUT2D eigenvalue weighted by Gasteiger charge is 2.61. The molecule has 4 amide bonds. The molecule has 10 nitrogen and oxygen atoms in total. The number of halogens is 11. The van der Waals surface area contributed by atoms with Crippen LogP contribution in [0.15, 0.2) is 73.1 Å². The van der Waals surface area contributed by atoms with E-state index in [4.69, 9.17) is 23.2 Å². The van der Waals surface area contributed by atoms with Gasteiger partial charge in [0.1, 0.15) is 17.6 Å². The topological polar surface area (TPSA) is 116 Å². The number of carbonyl (C=O) groups excluding carboxylic acids is 4. The second-order valence-electron chi connectivity index (χ2n) is 13.9. The first-order valence-corrected chi connectivity index (χ1v) is 18.2. The third-order valence-electron chi connectivity index (χ3n) is 9.89. The van der Waals surface area contributed by atoms with Crippen LogP contribution >= 0.6 is 23.2 Å². The monoisotopic (exact) mass is 890 g/mol. The minimum absolute atomic E-state index is 0. The van der Waals surface area contributed by atoms with Gasteiger partial charge in [0, 0.05) is 25.5 Å². The summed E-state index contributed by atoms with van der Waals surface area (Å²) in [6.07, 6.45) is -4.61. The summed E-state index contributed by atoms with van der Waals surface area (Å²) in [6.45, 7) is -0.314. The van der Waals surface area contributed by atoms with Crippen LogP contribution in [0, 0.1) is 17.6 Å². The van der Waals surface area contributed by atoms with Gasteiger partial charge in [-0.15, -0.1) is 0 Å². The first-order valence-electron chi connectivity index (χ1n) is 17.5. The predicted octanol–water partition coefficient (Wildman–Crippen LogP) is 8.15. The van der Waals surface area contributed by atoms with Crippen LogP contribution < -0.4 is 10.2 Å². The summed E-state index contributed by atoms with van der Waals surface area (Å²) >= 11 is 10.9. The molecule has 2 saturated carbocycles. The standard InChI is InChI=1S/C19H14ClF4N3O2.C14H13F3N2O2.C5H2ClF2N.CH4/c20-13-7-14(21)16(25-8-13)26-10-15(28)27(18(5-6-18)17(26)29)9-11-1-3-12(4-2-11)19(22,23)24;15-14(16,17)10-3-1-9(2-4-10)8-19-11(20)7-18-12(21)13(19)5-6-13;6-3-1-4(7)5(8)9-2-3;/h1-4,7-8H,5-6,9-10H2;1-4H,5-8H2,(H,18,21);1-2H;1H4.